The standard InChI is InChI=1S/C13H16N2O2/c14-10-4-6-11(7-5-10)15-13(16)8-12(17-15)9-2-1-3-9/h4-7,9,12H,1-3,8,14H2. The zero-order valence-electron chi connectivity index (χ0n) is 9.63. The summed E-state index contributed by atoms with van der Waals surface area (Å²) in [5.74, 6) is 0.615. The van der Waals surface area contributed by atoms with Crippen molar-refractivity contribution in [1.29, 1.82) is 0 Å². The first kappa shape index (κ1) is 10.6. The fraction of sp³-hybridized carbons (Fsp3) is 0.462. The maximum Gasteiger partial charge on any atom is 0.253 e. The van der Waals surface area contributed by atoms with Crippen LogP contribution in [0.3, 0.4) is 0 Å². The minimum absolute atomic E-state index is 0.0478. The first-order chi connectivity index (χ1) is 8.24. The second-order valence-corrected chi connectivity index (χ2v) is 4.82. The summed E-state index contributed by atoms with van der Waals surface area (Å²) in [6.45, 7) is 0. The van der Waals surface area contributed by atoms with Crippen LogP contribution in [0.1, 0.15) is 25.7 Å². The fourth-order valence-electron chi connectivity index (χ4n) is 2.37. The lowest BCUT2D eigenvalue weighted by atomic mass is 9.80. The van der Waals surface area contributed by atoms with Crippen LogP contribution in [0.15, 0.2) is 24.3 Å². The number of hydrogen-bond donors (Lipinski definition) is 1. The summed E-state index contributed by atoms with van der Waals surface area (Å²) in [4.78, 5) is 17.6. The molecule has 17 heavy (non-hydrogen) atoms. The Morgan fingerprint density at radius 1 is 1.24 bits per heavy atom. The van der Waals surface area contributed by atoms with Crippen LogP contribution in [0.5, 0.6) is 0 Å². The topological polar surface area (TPSA) is 55.6 Å². The van der Waals surface area contributed by atoms with Crippen LogP contribution in [0.25, 0.3) is 0 Å². The molecule has 1 unspecified atom stereocenters. The van der Waals surface area contributed by atoms with Gasteiger partial charge in [-0.2, -0.15) is 5.06 Å². The quantitative estimate of drug-likeness (QED) is 0.794. The molecule has 1 saturated heterocycles. The molecule has 2 N–H and O–H groups in total. The van der Waals surface area contributed by atoms with E-state index in [2.05, 4.69) is 0 Å². The highest BCUT2D eigenvalue weighted by Gasteiger charge is 2.39. The first-order valence-corrected chi connectivity index (χ1v) is 6.09. The van der Waals surface area contributed by atoms with Crippen molar-refractivity contribution in [3.8, 4) is 0 Å². The number of amides is 1. The van der Waals surface area contributed by atoms with Gasteiger partial charge >= 0.3 is 0 Å². The number of benzene rings is 1. The number of hydroxylamine groups is 1. The molecule has 1 heterocycles. The molecule has 2 aliphatic rings. The SMILES string of the molecule is Nc1ccc(N2OC(C3CCC3)CC2=O)cc1. The molecule has 1 saturated carbocycles. The lowest BCUT2D eigenvalue weighted by molar-refractivity contribution is -0.119. The molecule has 1 aromatic carbocycles. The third kappa shape index (κ3) is 1.89. The van der Waals surface area contributed by atoms with Crippen molar-refractivity contribution < 1.29 is 9.63 Å². The van der Waals surface area contributed by atoms with Crippen molar-refractivity contribution in [2.45, 2.75) is 31.8 Å². The van der Waals surface area contributed by atoms with Crippen molar-refractivity contribution >= 4 is 17.3 Å². The number of carbonyl (C=O) groups is 1. The van der Waals surface area contributed by atoms with E-state index in [-0.39, 0.29) is 12.0 Å². The first-order valence-electron chi connectivity index (χ1n) is 6.09. The van der Waals surface area contributed by atoms with Gasteiger partial charge in [0.05, 0.1) is 18.2 Å². The van der Waals surface area contributed by atoms with Gasteiger partial charge in [-0.1, -0.05) is 6.42 Å². The summed E-state index contributed by atoms with van der Waals surface area (Å²) in [5.41, 5.74) is 7.08. The molecule has 0 aromatic heterocycles. The molecule has 4 nitrogen and oxygen atoms in total. The maximum absolute atomic E-state index is 11.9. The van der Waals surface area contributed by atoms with E-state index in [0.717, 1.165) is 5.69 Å². The molecular formula is C13H16N2O2. The smallest absolute Gasteiger partial charge is 0.253 e. The van der Waals surface area contributed by atoms with Crippen LogP contribution in [-0.2, 0) is 9.63 Å². The minimum atomic E-state index is 0.0478. The van der Waals surface area contributed by atoms with E-state index in [9.17, 15) is 4.79 Å². The third-order valence-electron chi connectivity index (χ3n) is 3.65. The second-order valence-electron chi connectivity index (χ2n) is 4.82. The third-order valence-corrected chi connectivity index (χ3v) is 3.65. The summed E-state index contributed by atoms with van der Waals surface area (Å²) >= 11 is 0. The van der Waals surface area contributed by atoms with Gasteiger partial charge in [0.15, 0.2) is 0 Å². The van der Waals surface area contributed by atoms with Gasteiger partial charge in [0.1, 0.15) is 0 Å². The van der Waals surface area contributed by atoms with Gasteiger partial charge in [0, 0.05) is 5.69 Å². The molecular weight excluding hydrogens is 216 g/mol. The van der Waals surface area contributed by atoms with E-state index in [1.165, 1.54) is 24.3 Å². The van der Waals surface area contributed by atoms with Crippen molar-refractivity contribution in [3.63, 3.8) is 0 Å². The molecule has 0 radical (unpaired) electrons. The Balaban J connectivity index is 1.75. The van der Waals surface area contributed by atoms with Crippen molar-refractivity contribution in [2.75, 3.05) is 10.8 Å². The van der Waals surface area contributed by atoms with Gasteiger partial charge in [0.2, 0.25) is 0 Å². The van der Waals surface area contributed by atoms with Gasteiger partial charge < -0.3 is 5.73 Å². The van der Waals surface area contributed by atoms with E-state index < -0.39 is 0 Å². The zero-order valence-corrected chi connectivity index (χ0v) is 9.63. The van der Waals surface area contributed by atoms with Gasteiger partial charge in [-0.15, -0.1) is 0 Å². The number of anilines is 2. The maximum atomic E-state index is 11.9. The monoisotopic (exact) mass is 232 g/mol. The van der Waals surface area contributed by atoms with Crippen LogP contribution in [0.2, 0.25) is 0 Å². The highest BCUT2D eigenvalue weighted by Crippen LogP contribution is 2.37. The van der Waals surface area contributed by atoms with Gasteiger partial charge in [-0.05, 0) is 43.0 Å². The van der Waals surface area contributed by atoms with E-state index in [1.54, 1.807) is 12.1 Å². The number of nitrogens with two attached hydrogens (primary N) is 1. The van der Waals surface area contributed by atoms with Crippen molar-refractivity contribution in [2.24, 2.45) is 5.92 Å². The Morgan fingerprint density at radius 2 is 1.94 bits per heavy atom. The van der Waals surface area contributed by atoms with Crippen LogP contribution in [-0.4, -0.2) is 12.0 Å². The number of hydrogen-bond acceptors (Lipinski definition) is 3. The lowest BCUT2D eigenvalue weighted by Gasteiger charge is -2.30. The summed E-state index contributed by atoms with van der Waals surface area (Å²) < 4.78 is 0. The molecule has 1 aliphatic carbocycles. The minimum Gasteiger partial charge on any atom is -0.399 e. The van der Waals surface area contributed by atoms with Gasteiger partial charge in [-0.25, -0.2) is 0 Å². The Kier molecular flexibility index (Phi) is 2.52. The number of rotatable bonds is 2. The lowest BCUT2D eigenvalue weighted by Crippen LogP contribution is -2.28. The van der Waals surface area contributed by atoms with Crippen LogP contribution in [0.4, 0.5) is 11.4 Å². The highest BCUT2D eigenvalue weighted by molar-refractivity contribution is 5.93. The average Bonchev–Trinajstić information content (AvgIpc) is 2.59. The molecule has 0 spiro atoms. The van der Waals surface area contributed by atoms with Crippen molar-refractivity contribution in [3.05, 3.63) is 24.3 Å². The van der Waals surface area contributed by atoms with E-state index in [0.29, 0.717) is 18.0 Å². The molecule has 3 rings (SSSR count). The van der Waals surface area contributed by atoms with E-state index in [1.807, 2.05) is 12.1 Å². The molecule has 4 heteroatoms. The Hall–Kier alpha value is -1.55. The molecule has 1 aliphatic heterocycles. The molecule has 0 bridgehead atoms. The van der Waals surface area contributed by atoms with E-state index in [4.69, 9.17) is 10.6 Å². The Bertz CT molecular complexity index is 426. The fourth-order valence-corrected chi connectivity index (χ4v) is 2.37. The molecule has 2 fully saturated rings. The van der Waals surface area contributed by atoms with Crippen LogP contribution in [0, 0.1) is 5.92 Å². The number of carbonyl (C=O) groups excluding carboxylic acids is 1. The second kappa shape index (κ2) is 4.04. The van der Waals surface area contributed by atoms with Gasteiger partial charge in [0.25, 0.3) is 5.91 Å². The Labute approximate surface area is 100 Å². The zero-order chi connectivity index (χ0) is 11.8. The summed E-state index contributed by atoms with van der Waals surface area (Å²) in [5, 5.41) is 1.42. The van der Waals surface area contributed by atoms with Crippen molar-refractivity contribution in [1.82, 2.24) is 0 Å². The van der Waals surface area contributed by atoms with Crippen LogP contribution < -0.4 is 10.8 Å². The van der Waals surface area contributed by atoms with Crippen LogP contribution >= 0.6 is 0 Å². The highest BCUT2D eigenvalue weighted by atomic mass is 16.7. The molecule has 1 amide bonds. The van der Waals surface area contributed by atoms with Gasteiger partial charge in [-0.3, -0.25) is 9.63 Å². The molecule has 90 valence electrons. The summed E-state index contributed by atoms with van der Waals surface area (Å²) in [6, 6.07) is 7.19. The normalized spacial score (nSPS) is 25.1. The Morgan fingerprint density at radius 3 is 2.53 bits per heavy atom. The average molecular weight is 232 g/mol. The molecule has 1 aromatic rings. The predicted octanol–water partition coefficient (Wildman–Crippen LogP) is 2.11. The number of nitrogen functional groups attached to an aromatic ring is 1. The number of nitrogens with zero attached hydrogens (tertiary/aromatic N) is 1. The molecule has 1 atom stereocenters. The van der Waals surface area contributed by atoms with E-state index >= 15 is 0 Å². The summed E-state index contributed by atoms with van der Waals surface area (Å²) in [7, 11) is 0. The largest absolute Gasteiger partial charge is 0.399 e. The predicted molar refractivity (Wildman–Crippen MR) is 65.2 cm³/mol. The summed E-state index contributed by atoms with van der Waals surface area (Å²) in [6.07, 6.45) is 4.23.